The van der Waals surface area contributed by atoms with Crippen molar-refractivity contribution in [1.29, 1.82) is 0 Å². The van der Waals surface area contributed by atoms with Crippen LogP contribution < -0.4 is 5.56 Å². The monoisotopic (exact) mass is 417 g/mol. The zero-order chi connectivity index (χ0) is 21.5. The van der Waals surface area contributed by atoms with Crippen molar-refractivity contribution in [3.05, 3.63) is 49.1 Å². The van der Waals surface area contributed by atoms with E-state index in [1.807, 2.05) is 13.8 Å². The van der Waals surface area contributed by atoms with Gasteiger partial charge in [-0.15, -0.1) is 11.3 Å². The average Bonchev–Trinajstić information content (AvgIpc) is 3.10. The van der Waals surface area contributed by atoms with Crippen molar-refractivity contribution in [1.82, 2.24) is 15.0 Å². The topological polar surface area (TPSA) is 114 Å². The van der Waals surface area contributed by atoms with Crippen LogP contribution in [0, 0.1) is 27.7 Å². The van der Waals surface area contributed by atoms with Gasteiger partial charge in [-0.1, -0.05) is 0 Å². The van der Waals surface area contributed by atoms with Gasteiger partial charge in [0.15, 0.2) is 11.9 Å². The number of thiophene rings is 1. The maximum atomic E-state index is 12.7. The van der Waals surface area contributed by atoms with Gasteiger partial charge in [0.2, 0.25) is 0 Å². The number of carbonyl (C=O) groups is 2. The molecule has 1 atom stereocenters. The molecule has 0 aliphatic rings. The zero-order valence-electron chi connectivity index (χ0n) is 17.2. The van der Waals surface area contributed by atoms with Gasteiger partial charge in [-0.3, -0.25) is 4.79 Å². The van der Waals surface area contributed by atoms with Crippen molar-refractivity contribution in [2.24, 2.45) is 0 Å². The highest BCUT2D eigenvalue weighted by atomic mass is 32.1. The molecular weight excluding hydrogens is 394 g/mol. The van der Waals surface area contributed by atoms with Crippen LogP contribution in [-0.4, -0.2) is 33.5 Å². The Bertz CT molecular complexity index is 1170. The molecular formula is C20H23N3O5S. The molecule has 154 valence electrons. The van der Waals surface area contributed by atoms with Crippen molar-refractivity contribution >= 4 is 33.5 Å². The highest BCUT2D eigenvalue weighted by Gasteiger charge is 2.26. The number of carbonyl (C=O) groups excluding carboxylic acids is 2. The molecule has 0 aliphatic heterocycles. The number of nitrogens with zero attached hydrogens (tertiary/aromatic N) is 1. The summed E-state index contributed by atoms with van der Waals surface area (Å²) in [6.07, 6.45) is -0.781. The number of H-pyrrole nitrogens is 2. The molecule has 9 heteroatoms. The van der Waals surface area contributed by atoms with Gasteiger partial charge in [0.05, 0.1) is 17.6 Å². The zero-order valence-corrected chi connectivity index (χ0v) is 18.0. The summed E-state index contributed by atoms with van der Waals surface area (Å²) in [6.45, 7) is 10.7. The number of aromatic amines is 2. The Labute approximate surface area is 171 Å². The van der Waals surface area contributed by atoms with Gasteiger partial charge in [-0.25, -0.2) is 14.6 Å². The molecule has 3 aromatic rings. The van der Waals surface area contributed by atoms with Gasteiger partial charge < -0.3 is 19.4 Å². The van der Waals surface area contributed by atoms with E-state index in [0.29, 0.717) is 27.0 Å². The van der Waals surface area contributed by atoms with Crippen LogP contribution in [0.1, 0.15) is 68.3 Å². The van der Waals surface area contributed by atoms with Crippen LogP contribution >= 0.6 is 11.3 Å². The third kappa shape index (κ3) is 3.69. The summed E-state index contributed by atoms with van der Waals surface area (Å²) in [4.78, 5) is 48.9. The Morgan fingerprint density at radius 3 is 2.45 bits per heavy atom. The van der Waals surface area contributed by atoms with E-state index in [-0.39, 0.29) is 23.7 Å². The standard InChI is InChI=1S/C20H23N3O5S/c1-7-27-19(25)13-9(3)15(21-10(13)4)20(26)28-11(5)16-22-17(24)14-8(2)12(6)29-18(14)23-16/h11,21H,7H2,1-6H3,(H,22,23,24)/t11-/m0/s1. The molecule has 3 aromatic heterocycles. The summed E-state index contributed by atoms with van der Waals surface area (Å²) in [6, 6.07) is 0. The van der Waals surface area contributed by atoms with Crippen LogP contribution in [0.25, 0.3) is 10.2 Å². The maximum Gasteiger partial charge on any atom is 0.355 e. The van der Waals surface area contributed by atoms with E-state index in [1.54, 1.807) is 27.7 Å². The van der Waals surface area contributed by atoms with Gasteiger partial charge >= 0.3 is 11.9 Å². The normalized spacial score (nSPS) is 12.2. The summed E-state index contributed by atoms with van der Waals surface area (Å²) in [5, 5.41) is 0.560. The van der Waals surface area contributed by atoms with E-state index in [2.05, 4.69) is 15.0 Å². The molecule has 0 aliphatic carbocycles. The number of ether oxygens (including phenoxy) is 2. The van der Waals surface area contributed by atoms with Crippen molar-refractivity contribution in [3.63, 3.8) is 0 Å². The van der Waals surface area contributed by atoms with Gasteiger partial charge in [-0.2, -0.15) is 0 Å². The van der Waals surface area contributed by atoms with E-state index >= 15 is 0 Å². The molecule has 0 amide bonds. The number of esters is 2. The summed E-state index contributed by atoms with van der Waals surface area (Å²) < 4.78 is 10.5. The van der Waals surface area contributed by atoms with E-state index in [4.69, 9.17) is 9.47 Å². The molecule has 29 heavy (non-hydrogen) atoms. The van der Waals surface area contributed by atoms with E-state index in [1.165, 1.54) is 11.3 Å². The Balaban J connectivity index is 1.88. The molecule has 8 nitrogen and oxygen atoms in total. The smallest absolute Gasteiger partial charge is 0.355 e. The van der Waals surface area contributed by atoms with Crippen LogP contribution in [0.2, 0.25) is 0 Å². The fourth-order valence-electron chi connectivity index (χ4n) is 3.20. The number of aromatic nitrogens is 3. The fourth-order valence-corrected chi connectivity index (χ4v) is 4.24. The molecule has 2 N–H and O–H groups in total. The second-order valence-electron chi connectivity index (χ2n) is 6.81. The molecule has 0 spiro atoms. The van der Waals surface area contributed by atoms with Crippen LogP contribution in [-0.2, 0) is 9.47 Å². The first-order valence-corrected chi connectivity index (χ1v) is 10.0. The lowest BCUT2D eigenvalue weighted by Gasteiger charge is -2.12. The number of hydrogen-bond donors (Lipinski definition) is 2. The quantitative estimate of drug-likeness (QED) is 0.613. The SMILES string of the molecule is CCOC(=O)c1c(C)[nH]c(C(=O)O[C@@H](C)c2nc3sc(C)c(C)c3c(=O)[nH]2)c1C. The lowest BCUT2D eigenvalue weighted by molar-refractivity contribution is 0.0313. The number of nitrogens with one attached hydrogen (secondary N) is 2. The van der Waals surface area contributed by atoms with E-state index < -0.39 is 18.0 Å². The first-order valence-electron chi connectivity index (χ1n) is 9.22. The second-order valence-corrected chi connectivity index (χ2v) is 8.01. The van der Waals surface area contributed by atoms with Crippen LogP contribution in [0.5, 0.6) is 0 Å². The third-order valence-electron chi connectivity index (χ3n) is 4.85. The summed E-state index contributed by atoms with van der Waals surface area (Å²) in [5.41, 5.74) is 2.12. The predicted octanol–water partition coefficient (Wildman–Crippen LogP) is 3.64. The van der Waals surface area contributed by atoms with Gasteiger partial charge in [0.1, 0.15) is 10.5 Å². The number of hydrogen-bond acceptors (Lipinski definition) is 7. The summed E-state index contributed by atoms with van der Waals surface area (Å²) in [7, 11) is 0. The Morgan fingerprint density at radius 1 is 1.10 bits per heavy atom. The molecule has 0 saturated carbocycles. The summed E-state index contributed by atoms with van der Waals surface area (Å²) >= 11 is 1.43. The highest BCUT2D eigenvalue weighted by Crippen LogP contribution is 2.27. The summed E-state index contributed by atoms with van der Waals surface area (Å²) in [5.74, 6) is -0.871. The van der Waals surface area contributed by atoms with Crippen LogP contribution in [0.4, 0.5) is 0 Å². The predicted molar refractivity (Wildman–Crippen MR) is 110 cm³/mol. The van der Waals surface area contributed by atoms with Gasteiger partial charge in [0, 0.05) is 10.6 Å². The van der Waals surface area contributed by atoms with E-state index in [0.717, 1.165) is 10.4 Å². The number of fused-ring (bicyclic) bond motifs is 1. The maximum absolute atomic E-state index is 12.7. The molecule has 0 unspecified atom stereocenters. The molecule has 0 radical (unpaired) electrons. The van der Waals surface area contributed by atoms with Gasteiger partial charge in [-0.05, 0) is 52.7 Å². The van der Waals surface area contributed by atoms with Crippen LogP contribution in [0.15, 0.2) is 4.79 Å². The Morgan fingerprint density at radius 2 is 1.79 bits per heavy atom. The average molecular weight is 417 g/mol. The molecule has 0 aromatic carbocycles. The van der Waals surface area contributed by atoms with Crippen LogP contribution in [0.3, 0.4) is 0 Å². The minimum atomic E-state index is -0.781. The largest absolute Gasteiger partial charge is 0.462 e. The van der Waals surface area contributed by atoms with E-state index in [9.17, 15) is 14.4 Å². The second kappa shape index (κ2) is 7.82. The lowest BCUT2D eigenvalue weighted by atomic mass is 10.1. The Kier molecular flexibility index (Phi) is 5.61. The van der Waals surface area contributed by atoms with Gasteiger partial charge in [0.25, 0.3) is 5.56 Å². The first-order chi connectivity index (χ1) is 13.6. The molecule has 0 saturated heterocycles. The van der Waals surface area contributed by atoms with Crippen molar-refractivity contribution in [2.75, 3.05) is 6.61 Å². The number of aryl methyl sites for hydroxylation is 3. The molecule has 3 heterocycles. The molecule has 0 fully saturated rings. The first kappa shape index (κ1) is 20.8. The number of rotatable bonds is 5. The van der Waals surface area contributed by atoms with Crippen molar-refractivity contribution in [2.45, 2.75) is 47.6 Å². The van der Waals surface area contributed by atoms with Crippen molar-refractivity contribution in [3.8, 4) is 0 Å². The Hall–Kier alpha value is -2.94. The minimum absolute atomic E-state index is 0.170. The molecule has 0 bridgehead atoms. The fraction of sp³-hybridized carbons (Fsp3) is 0.400. The lowest BCUT2D eigenvalue weighted by Crippen LogP contribution is -2.18. The highest BCUT2D eigenvalue weighted by molar-refractivity contribution is 7.18. The minimum Gasteiger partial charge on any atom is -0.462 e. The molecule has 3 rings (SSSR count). The van der Waals surface area contributed by atoms with Crippen molar-refractivity contribution < 1.29 is 19.1 Å². The third-order valence-corrected chi connectivity index (χ3v) is 5.95.